The zero-order chi connectivity index (χ0) is 22.3. The molecule has 0 atom stereocenters. The van der Waals surface area contributed by atoms with Crippen molar-refractivity contribution in [3.8, 4) is 0 Å². The van der Waals surface area contributed by atoms with Crippen molar-refractivity contribution in [1.29, 1.82) is 0 Å². The maximum Gasteiger partial charge on any atom is 0.417 e. The number of rotatable bonds is 4. The molecule has 1 fully saturated rings. The third-order valence-electron chi connectivity index (χ3n) is 4.98. The minimum atomic E-state index is -4.77. The molecule has 30 heavy (non-hydrogen) atoms. The second-order valence-corrected chi connectivity index (χ2v) is 9.25. The number of halogens is 4. The SMILES string of the molecule is Cc1noc(C)c1CC(=O)N1CCN(S(=O)(=O)c2ccc(Cl)c(C(F)(F)F)c2)CC1. The number of aromatic nitrogens is 1. The van der Waals surface area contributed by atoms with Crippen LogP contribution in [0.15, 0.2) is 27.6 Å². The molecule has 2 aromatic rings. The molecule has 3 rings (SSSR count). The maximum absolute atomic E-state index is 13.1. The first-order chi connectivity index (χ1) is 13.9. The van der Waals surface area contributed by atoms with Crippen LogP contribution in [0.2, 0.25) is 5.02 Å². The molecule has 1 amide bonds. The molecule has 1 aromatic heterocycles. The van der Waals surface area contributed by atoms with Crippen LogP contribution in [0.5, 0.6) is 0 Å². The monoisotopic (exact) mass is 465 g/mol. The summed E-state index contributed by atoms with van der Waals surface area (Å²) >= 11 is 5.57. The molecular weight excluding hydrogens is 447 g/mol. The molecule has 12 heteroatoms. The van der Waals surface area contributed by atoms with Crippen molar-refractivity contribution in [2.24, 2.45) is 0 Å². The Morgan fingerprint density at radius 1 is 1.20 bits per heavy atom. The molecule has 1 aromatic carbocycles. The van der Waals surface area contributed by atoms with Gasteiger partial charge in [-0.1, -0.05) is 16.8 Å². The molecule has 164 valence electrons. The lowest BCUT2D eigenvalue weighted by molar-refractivity contribution is -0.137. The van der Waals surface area contributed by atoms with Gasteiger partial charge in [0.05, 0.1) is 27.6 Å². The summed E-state index contributed by atoms with van der Waals surface area (Å²) in [6.07, 6.45) is -4.69. The molecule has 1 aliphatic heterocycles. The van der Waals surface area contributed by atoms with Gasteiger partial charge < -0.3 is 9.42 Å². The summed E-state index contributed by atoms with van der Waals surface area (Å²) in [5.74, 6) is 0.345. The van der Waals surface area contributed by atoms with E-state index in [1.807, 2.05) is 0 Å². The average Bonchev–Trinajstić information content (AvgIpc) is 2.99. The van der Waals surface area contributed by atoms with Crippen molar-refractivity contribution in [1.82, 2.24) is 14.4 Å². The fraction of sp³-hybridized carbons (Fsp3) is 0.444. The Morgan fingerprint density at radius 2 is 1.83 bits per heavy atom. The van der Waals surface area contributed by atoms with E-state index in [9.17, 15) is 26.4 Å². The fourth-order valence-electron chi connectivity index (χ4n) is 3.23. The molecule has 0 spiro atoms. The second-order valence-electron chi connectivity index (χ2n) is 6.90. The fourth-order valence-corrected chi connectivity index (χ4v) is 4.90. The first kappa shape index (κ1) is 22.6. The largest absolute Gasteiger partial charge is 0.417 e. The van der Waals surface area contributed by atoms with Crippen molar-refractivity contribution >= 4 is 27.5 Å². The lowest BCUT2D eigenvalue weighted by atomic mass is 10.1. The molecule has 0 radical (unpaired) electrons. The molecule has 0 N–H and O–H groups in total. The van der Waals surface area contributed by atoms with E-state index >= 15 is 0 Å². The Morgan fingerprint density at radius 3 is 2.37 bits per heavy atom. The summed E-state index contributed by atoms with van der Waals surface area (Å²) in [6, 6.07) is 2.50. The van der Waals surface area contributed by atoms with Gasteiger partial charge in [-0.05, 0) is 32.0 Å². The Labute approximate surface area is 176 Å². The standard InChI is InChI=1S/C18H19ClF3N3O4S/c1-11-14(12(2)29-23-11)10-17(26)24-5-7-25(8-6-24)30(27,28)13-3-4-16(19)15(9-13)18(20,21)22/h3-4,9H,5-8,10H2,1-2H3. The molecule has 1 aliphatic rings. The van der Waals surface area contributed by atoms with Crippen molar-refractivity contribution in [2.45, 2.75) is 31.3 Å². The van der Waals surface area contributed by atoms with E-state index in [1.165, 1.54) is 4.90 Å². The first-order valence-corrected chi connectivity index (χ1v) is 10.8. The molecule has 0 saturated carbocycles. The van der Waals surface area contributed by atoms with E-state index < -0.39 is 31.7 Å². The minimum absolute atomic E-state index is 0.0281. The Bertz CT molecular complexity index is 1040. The van der Waals surface area contributed by atoms with Gasteiger partial charge in [0.25, 0.3) is 0 Å². The van der Waals surface area contributed by atoms with E-state index in [2.05, 4.69) is 5.16 Å². The van der Waals surface area contributed by atoms with Crippen LogP contribution in [0.3, 0.4) is 0 Å². The van der Waals surface area contributed by atoms with Crippen LogP contribution in [-0.4, -0.2) is 54.9 Å². The molecule has 2 heterocycles. The van der Waals surface area contributed by atoms with Gasteiger partial charge in [0, 0.05) is 31.7 Å². The van der Waals surface area contributed by atoms with E-state index in [-0.39, 0.29) is 38.5 Å². The molecule has 7 nitrogen and oxygen atoms in total. The van der Waals surface area contributed by atoms with Gasteiger partial charge >= 0.3 is 6.18 Å². The zero-order valence-electron chi connectivity index (χ0n) is 16.2. The number of alkyl halides is 3. The van der Waals surface area contributed by atoms with Gasteiger partial charge in [-0.3, -0.25) is 4.79 Å². The van der Waals surface area contributed by atoms with E-state index in [1.54, 1.807) is 13.8 Å². The summed E-state index contributed by atoms with van der Waals surface area (Å²) in [6.45, 7) is 3.63. The lowest BCUT2D eigenvalue weighted by Gasteiger charge is -2.34. The number of benzene rings is 1. The van der Waals surface area contributed by atoms with E-state index in [0.717, 1.165) is 16.4 Å². The van der Waals surface area contributed by atoms with Crippen LogP contribution in [0.25, 0.3) is 0 Å². The number of carbonyl (C=O) groups is 1. The summed E-state index contributed by atoms with van der Waals surface area (Å²) in [5, 5.41) is 3.23. The first-order valence-electron chi connectivity index (χ1n) is 8.97. The second kappa shape index (κ2) is 8.20. The number of carbonyl (C=O) groups excluding carboxylic acids is 1. The van der Waals surface area contributed by atoms with Crippen LogP contribution in [-0.2, 0) is 27.4 Å². The number of hydrogen-bond donors (Lipinski definition) is 0. The van der Waals surface area contributed by atoms with Gasteiger partial charge in [-0.2, -0.15) is 17.5 Å². The predicted molar refractivity (Wildman–Crippen MR) is 101 cm³/mol. The quantitative estimate of drug-likeness (QED) is 0.693. The molecular formula is C18H19ClF3N3O4S. The lowest BCUT2D eigenvalue weighted by Crippen LogP contribution is -2.50. The van der Waals surface area contributed by atoms with Crippen LogP contribution < -0.4 is 0 Å². The van der Waals surface area contributed by atoms with Crippen LogP contribution >= 0.6 is 11.6 Å². The maximum atomic E-state index is 13.1. The third-order valence-corrected chi connectivity index (χ3v) is 7.21. The van der Waals surface area contributed by atoms with Gasteiger partial charge in [-0.25, -0.2) is 8.42 Å². The molecule has 0 aliphatic carbocycles. The number of piperazine rings is 1. The van der Waals surface area contributed by atoms with Crippen LogP contribution in [0.4, 0.5) is 13.2 Å². The topological polar surface area (TPSA) is 83.7 Å². The highest BCUT2D eigenvalue weighted by Gasteiger charge is 2.36. The van der Waals surface area contributed by atoms with Crippen molar-refractivity contribution < 1.29 is 30.9 Å². The normalized spacial score (nSPS) is 16.1. The van der Waals surface area contributed by atoms with Crippen molar-refractivity contribution in [3.05, 3.63) is 45.8 Å². The summed E-state index contributed by atoms with van der Waals surface area (Å²) in [4.78, 5) is 13.6. The van der Waals surface area contributed by atoms with Crippen molar-refractivity contribution in [3.63, 3.8) is 0 Å². The third kappa shape index (κ3) is 4.47. The highest BCUT2D eigenvalue weighted by molar-refractivity contribution is 7.89. The van der Waals surface area contributed by atoms with Crippen LogP contribution in [0.1, 0.15) is 22.6 Å². The van der Waals surface area contributed by atoms with E-state index in [0.29, 0.717) is 23.1 Å². The van der Waals surface area contributed by atoms with Gasteiger partial charge in [0.2, 0.25) is 15.9 Å². The molecule has 0 unspecified atom stereocenters. The highest BCUT2D eigenvalue weighted by Crippen LogP contribution is 2.36. The number of amides is 1. The van der Waals surface area contributed by atoms with Crippen LogP contribution in [0, 0.1) is 13.8 Å². The Balaban J connectivity index is 1.70. The minimum Gasteiger partial charge on any atom is -0.361 e. The summed E-state index contributed by atoms with van der Waals surface area (Å²) in [7, 11) is -4.16. The number of hydrogen-bond acceptors (Lipinski definition) is 5. The molecule has 1 saturated heterocycles. The van der Waals surface area contributed by atoms with E-state index in [4.69, 9.17) is 16.1 Å². The average molecular weight is 466 g/mol. The van der Waals surface area contributed by atoms with Gasteiger partial charge in [0.15, 0.2) is 0 Å². The molecule has 0 bridgehead atoms. The summed E-state index contributed by atoms with van der Waals surface area (Å²) < 4.78 is 70.9. The summed E-state index contributed by atoms with van der Waals surface area (Å²) in [5.41, 5.74) is 0.0969. The van der Waals surface area contributed by atoms with Gasteiger partial charge in [-0.15, -0.1) is 0 Å². The Hall–Kier alpha value is -2.11. The number of aryl methyl sites for hydroxylation is 2. The Kier molecular flexibility index (Phi) is 6.17. The smallest absolute Gasteiger partial charge is 0.361 e. The van der Waals surface area contributed by atoms with Crippen molar-refractivity contribution in [2.75, 3.05) is 26.2 Å². The zero-order valence-corrected chi connectivity index (χ0v) is 17.7. The predicted octanol–water partition coefficient (Wildman–Crippen LogP) is 3.04. The number of nitrogens with zero attached hydrogens (tertiary/aromatic N) is 3. The number of sulfonamides is 1. The highest BCUT2D eigenvalue weighted by atomic mass is 35.5. The van der Waals surface area contributed by atoms with Gasteiger partial charge in [0.1, 0.15) is 5.76 Å².